The van der Waals surface area contributed by atoms with Crippen LogP contribution in [0.25, 0.3) is 0 Å². The Hall–Kier alpha value is -0.790. The summed E-state index contributed by atoms with van der Waals surface area (Å²) in [7, 11) is 3.19. The van der Waals surface area contributed by atoms with Crippen molar-refractivity contribution < 1.29 is 14.6 Å². The van der Waals surface area contributed by atoms with Crippen LogP contribution in [0.15, 0.2) is 34.8 Å². The van der Waals surface area contributed by atoms with Gasteiger partial charge in [-0.15, -0.1) is 0 Å². The average molecular weight is 463 g/mol. The van der Waals surface area contributed by atoms with E-state index in [0.29, 0.717) is 11.5 Å². The lowest BCUT2D eigenvalue weighted by Gasteiger charge is -2.18. The molecule has 0 aliphatic carbocycles. The monoisotopic (exact) mass is 462 g/mol. The van der Waals surface area contributed by atoms with Crippen molar-refractivity contribution in [2.45, 2.75) is 13.0 Å². The molecule has 0 aromatic heterocycles. The standard InChI is InChI=1S/C16H16BrIO3/c1-9-6-14(20-2)15(21-3)8-11(9)16(19)12-7-10(17)4-5-13(12)18/h4-8,16,19H,1-3H3. The number of benzene rings is 2. The number of hydrogen-bond donors (Lipinski definition) is 1. The van der Waals surface area contributed by atoms with E-state index in [9.17, 15) is 5.11 Å². The Bertz CT molecular complexity index is 658. The van der Waals surface area contributed by atoms with E-state index in [2.05, 4.69) is 38.5 Å². The molecule has 0 saturated heterocycles. The summed E-state index contributed by atoms with van der Waals surface area (Å²) in [6.45, 7) is 1.95. The molecular formula is C16H16BrIO3. The molecule has 2 aromatic rings. The zero-order valence-corrected chi connectivity index (χ0v) is 15.7. The second-order valence-electron chi connectivity index (χ2n) is 4.63. The molecule has 0 radical (unpaired) electrons. The van der Waals surface area contributed by atoms with Crippen LogP contribution in [0.5, 0.6) is 11.5 Å². The molecule has 2 aromatic carbocycles. The first kappa shape index (κ1) is 16.6. The Labute approximate surface area is 146 Å². The molecule has 0 fully saturated rings. The molecule has 1 atom stereocenters. The number of aryl methyl sites for hydroxylation is 1. The van der Waals surface area contributed by atoms with Gasteiger partial charge < -0.3 is 14.6 Å². The van der Waals surface area contributed by atoms with Crippen molar-refractivity contribution in [2.24, 2.45) is 0 Å². The summed E-state index contributed by atoms with van der Waals surface area (Å²) in [5.74, 6) is 1.28. The molecule has 1 N–H and O–H groups in total. The van der Waals surface area contributed by atoms with E-state index in [1.54, 1.807) is 14.2 Å². The van der Waals surface area contributed by atoms with E-state index in [0.717, 1.165) is 24.7 Å². The minimum atomic E-state index is -0.714. The average Bonchev–Trinajstić information content (AvgIpc) is 2.48. The molecule has 2 rings (SSSR count). The Balaban J connectivity index is 2.52. The van der Waals surface area contributed by atoms with Crippen LogP contribution in [0, 0.1) is 10.5 Å². The molecule has 0 aliphatic rings. The number of methoxy groups -OCH3 is 2. The van der Waals surface area contributed by atoms with E-state index in [1.165, 1.54) is 0 Å². The fourth-order valence-electron chi connectivity index (χ4n) is 2.18. The highest BCUT2D eigenvalue weighted by Crippen LogP contribution is 2.36. The highest BCUT2D eigenvalue weighted by atomic mass is 127. The Morgan fingerprint density at radius 2 is 1.67 bits per heavy atom. The van der Waals surface area contributed by atoms with Crippen LogP contribution in [-0.4, -0.2) is 19.3 Å². The minimum absolute atomic E-state index is 0.613. The maximum atomic E-state index is 10.7. The van der Waals surface area contributed by atoms with Gasteiger partial charge in [-0.05, 0) is 76.5 Å². The van der Waals surface area contributed by atoms with Crippen LogP contribution in [0.3, 0.4) is 0 Å². The van der Waals surface area contributed by atoms with Crippen molar-refractivity contribution in [2.75, 3.05) is 14.2 Å². The SMILES string of the molecule is COc1cc(C)c(C(O)c2cc(Br)ccc2I)cc1OC. The van der Waals surface area contributed by atoms with E-state index >= 15 is 0 Å². The summed E-state index contributed by atoms with van der Waals surface area (Å²) >= 11 is 5.67. The van der Waals surface area contributed by atoms with Crippen LogP contribution in [0.4, 0.5) is 0 Å². The van der Waals surface area contributed by atoms with Gasteiger partial charge in [0.25, 0.3) is 0 Å². The van der Waals surface area contributed by atoms with Crippen LogP contribution in [0.1, 0.15) is 22.8 Å². The van der Waals surface area contributed by atoms with E-state index in [4.69, 9.17) is 9.47 Å². The molecule has 0 amide bonds. The molecule has 0 saturated carbocycles. The van der Waals surface area contributed by atoms with Crippen molar-refractivity contribution >= 4 is 38.5 Å². The maximum Gasteiger partial charge on any atom is 0.161 e. The number of ether oxygens (including phenoxy) is 2. The highest BCUT2D eigenvalue weighted by Gasteiger charge is 2.19. The summed E-state index contributed by atoms with van der Waals surface area (Å²) in [4.78, 5) is 0. The molecule has 1 unspecified atom stereocenters. The van der Waals surface area contributed by atoms with Crippen LogP contribution in [0.2, 0.25) is 0 Å². The van der Waals surface area contributed by atoms with Gasteiger partial charge >= 0.3 is 0 Å². The van der Waals surface area contributed by atoms with Crippen LogP contribution in [-0.2, 0) is 0 Å². The minimum Gasteiger partial charge on any atom is -0.493 e. The van der Waals surface area contributed by atoms with Gasteiger partial charge in [-0.1, -0.05) is 15.9 Å². The number of aliphatic hydroxyl groups is 1. The summed E-state index contributed by atoms with van der Waals surface area (Å²) in [6, 6.07) is 9.57. The van der Waals surface area contributed by atoms with Gasteiger partial charge in [-0.25, -0.2) is 0 Å². The van der Waals surface area contributed by atoms with Gasteiger partial charge in [0.2, 0.25) is 0 Å². The normalized spacial score (nSPS) is 12.1. The van der Waals surface area contributed by atoms with E-state index in [1.807, 2.05) is 37.3 Å². The lowest BCUT2D eigenvalue weighted by molar-refractivity contribution is 0.217. The van der Waals surface area contributed by atoms with Gasteiger partial charge in [0.15, 0.2) is 11.5 Å². The predicted octanol–water partition coefficient (Wildman–Crippen LogP) is 4.46. The van der Waals surface area contributed by atoms with Gasteiger partial charge in [-0.2, -0.15) is 0 Å². The summed E-state index contributed by atoms with van der Waals surface area (Å²) in [6.07, 6.45) is -0.714. The van der Waals surface area contributed by atoms with Gasteiger partial charge in [0.05, 0.1) is 14.2 Å². The van der Waals surface area contributed by atoms with Gasteiger partial charge in [0, 0.05) is 8.04 Å². The molecule has 3 nitrogen and oxygen atoms in total. The third-order valence-electron chi connectivity index (χ3n) is 3.32. The first-order valence-electron chi connectivity index (χ1n) is 6.33. The largest absolute Gasteiger partial charge is 0.493 e. The van der Waals surface area contributed by atoms with E-state index in [-0.39, 0.29) is 0 Å². The second kappa shape index (κ2) is 6.98. The van der Waals surface area contributed by atoms with Crippen molar-refractivity contribution in [3.8, 4) is 11.5 Å². The third kappa shape index (κ3) is 3.52. The fourth-order valence-corrected chi connectivity index (χ4v) is 3.19. The summed E-state index contributed by atoms with van der Waals surface area (Å²) in [5, 5.41) is 10.7. The van der Waals surface area contributed by atoms with Crippen molar-refractivity contribution in [1.82, 2.24) is 0 Å². The first-order chi connectivity index (χ1) is 9.97. The lowest BCUT2D eigenvalue weighted by atomic mass is 9.97. The summed E-state index contributed by atoms with van der Waals surface area (Å²) < 4.78 is 12.6. The molecule has 0 bridgehead atoms. The summed E-state index contributed by atoms with van der Waals surface area (Å²) in [5.41, 5.74) is 2.62. The number of aliphatic hydroxyl groups excluding tert-OH is 1. The molecular weight excluding hydrogens is 447 g/mol. The second-order valence-corrected chi connectivity index (χ2v) is 6.71. The Morgan fingerprint density at radius 3 is 2.29 bits per heavy atom. The molecule has 21 heavy (non-hydrogen) atoms. The third-order valence-corrected chi connectivity index (χ3v) is 4.80. The topological polar surface area (TPSA) is 38.7 Å². The zero-order chi connectivity index (χ0) is 15.6. The van der Waals surface area contributed by atoms with Crippen molar-refractivity contribution in [3.05, 3.63) is 55.1 Å². The molecule has 0 aliphatic heterocycles. The number of hydrogen-bond acceptors (Lipinski definition) is 3. The Kier molecular flexibility index (Phi) is 5.51. The van der Waals surface area contributed by atoms with Gasteiger partial charge in [0.1, 0.15) is 6.10 Å². The Morgan fingerprint density at radius 1 is 1.05 bits per heavy atom. The van der Waals surface area contributed by atoms with Crippen molar-refractivity contribution in [1.29, 1.82) is 0 Å². The van der Waals surface area contributed by atoms with Crippen molar-refractivity contribution in [3.63, 3.8) is 0 Å². The van der Waals surface area contributed by atoms with E-state index < -0.39 is 6.10 Å². The number of rotatable bonds is 4. The smallest absolute Gasteiger partial charge is 0.161 e. The first-order valence-corrected chi connectivity index (χ1v) is 8.20. The van der Waals surface area contributed by atoms with Crippen LogP contribution >= 0.6 is 38.5 Å². The van der Waals surface area contributed by atoms with Gasteiger partial charge in [-0.3, -0.25) is 0 Å². The maximum absolute atomic E-state index is 10.7. The zero-order valence-electron chi connectivity index (χ0n) is 12.0. The lowest BCUT2D eigenvalue weighted by Crippen LogP contribution is -2.05. The molecule has 5 heteroatoms. The quantitative estimate of drug-likeness (QED) is 0.681. The fraction of sp³-hybridized carbons (Fsp3) is 0.250. The molecule has 0 spiro atoms. The highest BCUT2D eigenvalue weighted by molar-refractivity contribution is 14.1. The van der Waals surface area contributed by atoms with Crippen LogP contribution < -0.4 is 9.47 Å². The predicted molar refractivity (Wildman–Crippen MR) is 95.2 cm³/mol. The molecule has 0 heterocycles. The molecule has 112 valence electrons. The number of halogens is 2.